The van der Waals surface area contributed by atoms with E-state index in [0.29, 0.717) is 12.8 Å². The highest BCUT2D eigenvalue weighted by Crippen LogP contribution is 2.16. The van der Waals surface area contributed by atoms with E-state index in [2.05, 4.69) is 21.9 Å². The summed E-state index contributed by atoms with van der Waals surface area (Å²) in [5, 5.41) is 2.32. The molecule has 0 aromatic rings. The van der Waals surface area contributed by atoms with Crippen LogP contribution in [0, 0.1) is 11.8 Å². The van der Waals surface area contributed by atoms with Gasteiger partial charge in [-0.2, -0.15) is 0 Å². The maximum Gasteiger partial charge on any atom is 0.344 e. The lowest BCUT2D eigenvalue weighted by Gasteiger charge is -2.27. The van der Waals surface area contributed by atoms with Crippen molar-refractivity contribution in [1.29, 1.82) is 0 Å². The first-order valence-corrected chi connectivity index (χ1v) is 7.99. The Hall–Kier alpha value is -2.56. The molecular formula is C17H25NO7. The predicted molar refractivity (Wildman–Crippen MR) is 88.1 cm³/mol. The van der Waals surface area contributed by atoms with Gasteiger partial charge in [-0.1, -0.05) is 5.92 Å². The molecule has 0 unspecified atom stereocenters. The first-order valence-electron chi connectivity index (χ1n) is 7.99. The van der Waals surface area contributed by atoms with E-state index in [1.807, 2.05) is 0 Å². The molecule has 8 heteroatoms. The van der Waals surface area contributed by atoms with Gasteiger partial charge in [-0.05, 0) is 20.3 Å². The lowest BCUT2D eigenvalue weighted by atomic mass is 9.95. The molecule has 0 atom stereocenters. The molecule has 0 heterocycles. The average Bonchev–Trinajstić information content (AvgIpc) is 2.56. The number of hydrogen-bond donors (Lipinski definition) is 1. The van der Waals surface area contributed by atoms with Gasteiger partial charge in [0.15, 0.2) is 0 Å². The van der Waals surface area contributed by atoms with E-state index >= 15 is 0 Å². The van der Waals surface area contributed by atoms with Crippen LogP contribution < -0.4 is 5.32 Å². The van der Waals surface area contributed by atoms with Gasteiger partial charge in [-0.15, -0.1) is 5.92 Å². The Morgan fingerprint density at radius 3 is 2.00 bits per heavy atom. The molecule has 0 radical (unpaired) electrons. The summed E-state index contributed by atoms with van der Waals surface area (Å²) in [5.74, 6) is 2.67. The number of unbranched alkanes of at least 4 members (excludes halogenated alkanes) is 1. The zero-order chi connectivity index (χ0) is 19.3. The molecule has 0 saturated carbocycles. The molecule has 8 nitrogen and oxygen atoms in total. The van der Waals surface area contributed by atoms with Crippen molar-refractivity contribution in [3.8, 4) is 11.8 Å². The number of ether oxygens (including phenoxy) is 3. The quantitative estimate of drug-likeness (QED) is 0.213. The van der Waals surface area contributed by atoms with Crippen LogP contribution in [-0.4, -0.2) is 49.7 Å². The largest absolute Gasteiger partial charge is 0.469 e. The van der Waals surface area contributed by atoms with Crippen LogP contribution in [0.1, 0.15) is 46.5 Å². The van der Waals surface area contributed by atoms with E-state index in [0.717, 1.165) is 0 Å². The topological polar surface area (TPSA) is 108 Å². The second-order valence-corrected chi connectivity index (χ2v) is 4.99. The summed E-state index contributed by atoms with van der Waals surface area (Å²) in [7, 11) is 1.30. The molecule has 0 fully saturated rings. The van der Waals surface area contributed by atoms with E-state index in [9.17, 15) is 19.2 Å². The number of amides is 1. The van der Waals surface area contributed by atoms with Gasteiger partial charge in [0.1, 0.15) is 0 Å². The molecule has 0 rings (SSSR count). The zero-order valence-corrected chi connectivity index (χ0v) is 15.1. The van der Waals surface area contributed by atoms with Gasteiger partial charge < -0.3 is 19.5 Å². The number of methoxy groups -OCH3 is 1. The lowest BCUT2D eigenvalue weighted by Crippen LogP contribution is -2.61. The lowest BCUT2D eigenvalue weighted by molar-refractivity contribution is -0.167. The number of esters is 3. The van der Waals surface area contributed by atoms with E-state index in [1.165, 1.54) is 14.0 Å². The Morgan fingerprint density at radius 2 is 1.56 bits per heavy atom. The van der Waals surface area contributed by atoms with Gasteiger partial charge in [0.25, 0.3) is 0 Å². The normalized spacial score (nSPS) is 10.1. The number of carbonyl (C=O) groups is 4. The fourth-order valence-corrected chi connectivity index (χ4v) is 1.89. The monoisotopic (exact) mass is 355 g/mol. The summed E-state index contributed by atoms with van der Waals surface area (Å²) in [6.45, 7) is 4.41. The minimum Gasteiger partial charge on any atom is -0.469 e. The van der Waals surface area contributed by atoms with Crippen molar-refractivity contribution in [2.75, 3.05) is 20.3 Å². The van der Waals surface area contributed by atoms with Gasteiger partial charge >= 0.3 is 17.9 Å². The summed E-state index contributed by atoms with van der Waals surface area (Å²) in [4.78, 5) is 47.1. The first-order chi connectivity index (χ1) is 11.8. The second kappa shape index (κ2) is 11.9. The number of nitrogens with one attached hydrogen (secondary N) is 1. The van der Waals surface area contributed by atoms with Crippen LogP contribution in [0.15, 0.2) is 0 Å². The van der Waals surface area contributed by atoms with Crippen molar-refractivity contribution in [3.63, 3.8) is 0 Å². The van der Waals surface area contributed by atoms with Crippen LogP contribution in [-0.2, 0) is 33.4 Å². The molecule has 1 amide bonds. The van der Waals surface area contributed by atoms with E-state index in [-0.39, 0.29) is 32.0 Å². The molecule has 25 heavy (non-hydrogen) atoms. The van der Waals surface area contributed by atoms with Crippen LogP contribution in [0.4, 0.5) is 0 Å². The molecule has 1 N–H and O–H groups in total. The first kappa shape index (κ1) is 22.4. The molecule has 0 aliphatic rings. The van der Waals surface area contributed by atoms with E-state index in [4.69, 9.17) is 9.47 Å². The van der Waals surface area contributed by atoms with Gasteiger partial charge in [0.2, 0.25) is 11.4 Å². The molecule has 0 spiro atoms. The van der Waals surface area contributed by atoms with Crippen LogP contribution in [0.3, 0.4) is 0 Å². The zero-order valence-electron chi connectivity index (χ0n) is 15.1. The van der Waals surface area contributed by atoms with Gasteiger partial charge in [-0.3, -0.25) is 9.59 Å². The number of carbonyl (C=O) groups excluding carboxylic acids is 4. The summed E-state index contributed by atoms with van der Waals surface area (Å²) in [6, 6.07) is 0. The van der Waals surface area contributed by atoms with Crippen LogP contribution in [0.2, 0.25) is 0 Å². The highest BCUT2D eigenvalue weighted by atomic mass is 16.6. The SMILES string of the molecule is CCOC(=O)C(CC#CCCCC(=O)OC)(NC(C)=O)C(=O)OCC. The van der Waals surface area contributed by atoms with E-state index in [1.54, 1.807) is 13.8 Å². The van der Waals surface area contributed by atoms with Crippen molar-refractivity contribution in [3.05, 3.63) is 0 Å². The fourth-order valence-electron chi connectivity index (χ4n) is 1.89. The molecule has 0 aromatic heterocycles. The van der Waals surface area contributed by atoms with Gasteiger partial charge in [-0.25, -0.2) is 9.59 Å². The highest BCUT2D eigenvalue weighted by Gasteiger charge is 2.49. The molecule has 0 aliphatic heterocycles. The second-order valence-electron chi connectivity index (χ2n) is 4.99. The summed E-state index contributed by atoms with van der Waals surface area (Å²) >= 11 is 0. The molecule has 0 aliphatic carbocycles. The Bertz CT molecular complexity index is 527. The van der Waals surface area contributed by atoms with Crippen molar-refractivity contribution >= 4 is 23.8 Å². The Labute approximate surface area is 147 Å². The maximum absolute atomic E-state index is 12.3. The van der Waals surface area contributed by atoms with Crippen molar-refractivity contribution < 1.29 is 33.4 Å². The third kappa shape index (κ3) is 7.70. The van der Waals surface area contributed by atoms with E-state index < -0.39 is 23.4 Å². The third-order valence-electron chi connectivity index (χ3n) is 3.03. The summed E-state index contributed by atoms with van der Waals surface area (Å²) < 4.78 is 14.3. The van der Waals surface area contributed by atoms with Crippen LogP contribution in [0.25, 0.3) is 0 Å². The average molecular weight is 355 g/mol. The Balaban J connectivity index is 5.22. The summed E-state index contributed by atoms with van der Waals surface area (Å²) in [6.07, 6.45) is 0.781. The standard InChI is InChI=1S/C17H25NO7/c1-5-24-15(21)17(18-13(3)19,16(22)25-6-2)12-10-8-7-9-11-14(20)23-4/h5-7,9,11-12H2,1-4H3,(H,18,19). The Morgan fingerprint density at radius 1 is 1.00 bits per heavy atom. The molecule has 0 bridgehead atoms. The number of hydrogen-bond acceptors (Lipinski definition) is 7. The Kier molecular flexibility index (Phi) is 10.7. The summed E-state index contributed by atoms with van der Waals surface area (Å²) in [5.41, 5.74) is -2.01. The smallest absolute Gasteiger partial charge is 0.344 e. The van der Waals surface area contributed by atoms with Crippen LogP contribution >= 0.6 is 0 Å². The fraction of sp³-hybridized carbons (Fsp3) is 0.647. The minimum atomic E-state index is -2.01. The molecule has 0 saturated heterocycles. The maximum atomic E-state index is 12.3. The minimum absolute atomic E-state index is 0.0339. The third-order valence-corrected chi connectivity index (χ3v) is 3.03. The molecule has 140 valence electrons. The van der Waals surface area contributed by atoms with Crippen molar-refractivity contribution in [2.24, 2.45) is 0 Å². The van der Waals surface area contributed by atoms with Crippen LogP contribution in [0.5, 0.6) is 0 Å². The van der Waals surface area contributed by atoms with Crippen molar-refractivity contribution in [1.82, 2.24) is 5.32 Å². The number of rotatable bonds is 9. The van der Waals surface area contributed by atoms with Gasteiger partial charge in [0, 0.05) is 19.8 Å². The molecule has 0 aromatic carbocycles. The predicted octanol–water partition coefficient (Wildman–Crippen LogP) is 0.724. The van der Waals surface area contributed by atoms with Gasteiger partial charge in [0.05, 0.1) is 26.7 Å². The highest BCUT2D eigenvalue weighted by molar-refractivity contribution is 6.08. The molecular weight excluding hydrogens is 330 g/mol. The van der Waals surface area contributed by atoms with Crippen molar-refractivity contribution in [2.45, 2.75) is 52.0 Å².